The van der Waals surface area contributed by atoms with Crippen LogP contribution < -0.4 is 4.74 Å². The van der Waals surface area contributed by atoms with Gasteiger partial charge in [0.25, 0.3) is 0 Å². The number of halogens is 3. The highest BCUT2D eigenvalue weighted by molar-refractivity contribution is 5.84. The molecule has 0 radical (unpaired) electrons. The van der Waals surface area contributed by atoms with Crippen molar-refractivity contribution >= 4 is 10.8 Å². The number of fused-ring (bicyclic) bond motifs is 1. The van der Waals surface area contributed by atoms with Gasteiger partial charge in [-0.15, -0.1) is 0 Å². The van der Waals surface area contributed by atoms with Crippen molar-refractivity contribution in [3.8, 4) is 5.75 Å². The molecule has 0 heterocycles. The van der Waals surface area contributed by atoms with Crippen LogP contribution in [0.1, 0.15) is 22.8 Å². The highest BCUT2D eigenvalue weighted by Gasteiger charge is 2.30. The third kappa shape index (κ3) is 3.21. The first-order chi connectivity index (χ1) is 11.4. The summed E-state index contributed by atoms with van der Waals surface area (Å²) in [4.78, 5) is 0. The Kier molecular flexibility index (Phi) is 4.20. The van der Waals surface area contributed by atoms with E-state index < -0.39 is 17.8 Å². The Bertz CT molecular complexity index is 855. The first-order valence-electron chi connectivity index (χ1n) is 7.31. The van der Waals surface area contributed by atoms with Gasteiger partial charge in [-0.1, -0.05) is 30.3 Å². The highest BCUT2D eigenvalue weighted by atomic mass is 19.4. The molecule has 3 rings (SSSR count). The van der Waals surface area contributed by atoms with Gasteiger partial charge in [-0.3, -0.25) is 0 Å². The average molecular weight is 332 g/mol. The van der Waals surface area contributed by atoms with Crippen molar-refractivity contribution in [2.45, 2.75) is 12.3 Å². The molecule has 0 aliphatic carbocycles. The van der Waals surface area contributed by atoms with Crippen molar-refractivity contribution in [2.24, 2.45) is 0 Å². The number of methoxy groups -OCH3 is 1. The molecule has 1 unspecified atom stereocenters. The van der Waals surface area contributed by atoms with Gasteiger partial charge in [0, 0.05) is 0 Å². The zero-order chi connectivity index (χ0) is 17.3. The molecule has 3 aromatic rings. The molecule has 1 atom stereocenters. The smallest absolute Gasteiger partial charge is 0.416 e. The molecule has 0 fully saturated rings. The summed E-state index contributed by atoms with van der Waals surface area (Å²) in [6.07, 6.45) is -5.37. The molecule has 0 bridgehead atoms. The Labute approximate surface area is 137 Å². The molecule has 124 valence electrons. The lowest BCUT2D eigenvalue weighted by Gasteiger charge is -2.14. The van der Waals surface area contributed by atoms with E-state index in [0.717, 1.165) is 28.7 Å². The van der Waals surface area contributed by atoms with Crippen LogP contribution in [0.3, 0.4) is 0 Å². The molecular weight excluding hydrogens is 317 g/mol. The number of hydrogen-bond acceptors (Lipinski definition) is 2. The maximum absolute atomic E-state index is 12.6. The summed E-state index contributed by atoms with van der Waals surface area (Å²) in [5, 5.41) is 12.3. The molecule has 0 saturated carbocycles. The number of aliphatic hydroxyl groups excluding tert-OH is 1. The van der Waals surface area contributed by atoms with E-state index in [4.69, 9.17) is 4.74 Å². The molecular formula is C19H15F3O2. The third-order valence-electron chi connectivity index (χ3n) is 3.94. The Morgan fingerprint density at radius 3 is 2.04 bits per heavy atom. The van der Waals surface area contributed by atoms with Gasteiger partial charge >= 0.3 is 6.18 Å². The van der Waals surface area contributed by atoms with E-state index >= 15 is 0 Å². The molecule has 0 aliphatic heterocycles. The summed E-state index contributed by atoms with van der Waals surface area (Å²) < 4.78 is 43.0. The van der Waals surface area contributed by atoms with Gasteiger partial charge in [-0.05, 0) is 52.2 Å². The van der Waals surface area contributed by atoms with Crippen molar-refractivity contribution in [3.63, 3.8) is 0 Å². The Balaban J connectivity index is 1.91. The lowest BCUT2D eigenvalue weighted by atomic mass is 9.97. The van der Waals surface area contributed by atoms with Gasteiger partial charge < -0.3 is 9.84 Å². The second-order valence-electron chi connectivity index (χ2n) is 5.49. The van der Waals surface area contributed by atoms with Crippen molar-refractivity contribution < 1.29 is 23.0 Å². The molecule has 0 aliphatic rings. The monoisotopic (exact) mass is 332 g/mol. The molecule has 0 spiro atoms. The van der Waals surface area contributed by atoms with Gasteiger partial charge in [-0.2, -0.15) is 13.2 Å². The van der Waals surface area contributed by atoms with Crippen LogP contribution in [0, 0.1) is 0 Å². The van der Waals surface area contributed by atoms with Crippen LogP contribution in [0.4, 0.5) is 13.2 Å². The van der Waals surface area contributed by atoms with E-state index in [9.17, 15) is 18.3 Å². The first-order valence-corrected chi connectivity index (χ1v) is 7.31. The minimum Gasteiger partial charge on any atom is -0.497 e. The zero-order valence-electron chi connectivity index (χ0n) is 12.8. The Morgan fingerprint density at radius 2 is 1.42 bits per heavy atom. The quantitative estimate of drug-likeness (QED) is 0.735. The predicted molar refractivity (Wildman–Crippen MR) is 86.0 cm³/mol. The Morgan fingerprint density at radius 1 is 0.833 bits per heavy atom. The van der Waals surface area contributed by atoms with Crippen LogP contribution in [-0.2, 0) is 6.18 Å². The summed E-state index contributed by atoms with van der Waals surface area (Å²) in [5.74, 6) is 0.735. The molecule has 2 nitrogen and oxygen atoms in total. The molecule has 0 aromatic heterocycles. The van der Waals surface area contributed by atoms with Crippen molar-refractivity contribution in [1.82, 2.24) is 0 Å². The van der Waals surface area contributed by atoms with Gasteiger partial charge in [0.2, 0.25) is 0 Å². The van der Waals surface area contributed by atoms with Gasteiger partial charge in [-0.25, -0.2) is 0 Å². The normalized spacial score (nSPS) is 13.0. The molecule has 1 N–H and O–H groups in total. The fraction of sp³-hybridized carbons (Fsp3) is 0.158. The lowest BCUT2D eigenvalue weighted by molar-refractivity contribution is -0.137. The van der Waals surface area contributed by atoms with Gasteiger partial charge in [0.15, 0.2) is 0 Å². The summed E-state index contributed by atoms with van der Waals surface area (Å²) >= 11 is 0. The fourth-order valence-electron chi connectivity index (χ4n) is 2.59. The molecule has 24 heavy (non-hydrogen) atoms. The van der Waals surface area contributed by atoms with Crippen LogP contribution in [-0.4, -0.2) is 12.2 Å². The number of aliphatic hydroxyl groups is 1. The van der Waals surface area contributed by atoms with E-state index in [1.165, 1.54) is 12.1 Å². The summed E-state index contributed by atoms with van der Waals surface area (Å²) in [7, 11) is 1.59. The molecule has 3 aromatic carbocycles. The van der Waals surface area contributed by atoms with Crippen molar-refractivity contribution in [1.29, 1.82) is 0 Å². The number of benzene rings is 3. The van der Waals surface area contributed by atoms with Crippen LogP contribution >= 0.6 is 0 Å². The largest absolute Gasteiger partial charge is 0.497 e. The van der Waals surface area contributed by atoms with E-state index in [2.05, 4.69) is 0 Å². The molecule has 0 saturated heterocycles. The maximum Gasteiger partial charge on any atom is 0.416 e. The highest BCUT2D eigenvalue weighted by Crippen LogP contribution is 2.32. The van der Waals surface area contributed by atoms with Crippen molar-refractivity contribution in [2.75, 3.05) is 7.11 Å². The van der Waals surface area contributed by atoms with Crippen LogP contribution in [0.2, 0.25) is 0 Å². The minimum absolute atomic E-state index is 0.413. The number of alkyl halides is 3. The van der Waals surface area contributed by atoms with Crippen LogP contribution in [0.5, 0.6) is 5.75 Å². The maximum atomic E-state index is 12.6. The average Bonchev–Trinajstić information content (AvgIpc) is 2.59. The van der Waals surface area contributed by atoms with Crippen molar-refractivity contribution in [3.05, 3.63) is 77.4 Å². The zero-order valence-corrected chi connectivity index (χ0v) is 12.8. The van der Waals surface area contributed by atoms with E-state index in [-0.39, 0.29) is 0 Å². The topological polar surface area (TPSA) is 29.5 Å². The SMILES string of the molecule is COc1ccc2cc(C(O)c3ccc(C(F)(F)F)cc3)ccc2c1. The first kappa shape index (κ1) is 16.3. The second-order valence-corrected chi connectivity index (χ2v) is 5.49. The molecule has 5 heteroatoms. The fourth-order valence-corrected chi connectivity index (χ4v) is 2.59. The molecule has 0 amide bonds. The van der Waals surface area contributed by atoms with Gasteiger partial charge in [0.1, 0.15) is 11.9 Å². The summed E-state index contributed by atoms with van der Waals surface area (Å²) in [6, 6.07) is 15.5. The third-order valence-corrected chi connectivity index (χ3v) is 3.94. The number of hydrogen-bond donors (Lipinski definition) is 1. The predicted octanol–water partition coefficient (Wildman–Crippen LogP) is 4.95. The summed E-state index contributed by atoms with van der Waals surface area (Å²) in [5.41, 5.74) is 0.298. The minimum atomic E-state index is -4.38. The lowest BCUT2D eigenvalue weighted by Crippen LogP contribution is -2.06. The number of rotatable bonds is 3. The van der Waals surface area contributed by atoms with Crippen LogP contribution in [0.25, 0.3) is 10.8 Å². The van der Waals surface area contributed by atoms with E-state index in [0.29, 0.717) is 11.1 Å². The second kappa shape index (κ2) is 6.17. The van der Waals surface area contributed by atoms with Gasteiger partial charge in [0.05, 0.1) is 12.7 Å². The standard InChI is InChI=1S/C19H15F3O2/c1-24-17-9-6-13-10-15(3-2-14(13)11-17)18(23)12-4-7-16(8-5-12)19(20,21)22/h2-11,18,23H,1H3. The van der Waals surface area contributed by atoms with E-state index in [1.54, 1.807) is 13.2 Å². The summed E-state index contributed by atoms with van der Waals surface area (Å²) in [6.45, 7) is 0. The Hall–Kier alpha value is -2.53. The van der Waals surface area contributed by atoms with E-state index in [1.807, 2.05) is 30.3 Å². The van der Waals surface area contributed by atoms with Crippen LogP contribution in [0.15, 0.2) is 60.7 Å². The number of ether oxygens (including phenoxy) is 1.